The van der Waals surface area contributed by atoms with Gasteiger partial charge in [0.05, 0.1) is 12.5 Å². The van der Waals surface area contributed by atoms with E-state index in [9.17, 15) is 18.0 Å². The third-order valence-corrected chi connectivity index (χ3v) is 8.48. The van der Waals surface area contributed by atoms with E-state index in [-0.39, 0.29) is 17.2 Å². The third-order valence-electron chi connectivity index (χ3n) is 5.20. The van der Waals surface area contributed by atoms with E-state index in [1.54, 1.807) is 41.8 Å². The smallest absolute Gasteiger partial charge is 0.308 e. The van der Waals surface area contributed by atoms with E-state index in [4.69, 9.17) is 4.74 Å². The van der Waals surface area contributed by atoms with Gasteiger partial charge in [-0.25, -0.2) is 8.42 Å². The zero-order valence-corrected chi connectivity index (χ0v) is 18.8. The number of sulfonamides is 1. The molecule has 32 heavy (non-hydrogen) atoms. The Bertz CT molecular complexity index is 1190. The summed E-state index contributed by atoms with van der Waals surface area (Å²) in [6.07, 6.45) is 0.381. The minimum absolute atomic E-state index is 0.180. The topological polar surface area (TPSA) is 92.8 Å². The molecule has 2 aromatic carbocycles. The summed E-state index contributed by atoms with van der Waals surface area (Å²) in [7, 11) is -3.76. The Morgan fingerprint density at radius 1 is 1.03 bits per heavy atom. The van der Waals surface area contributed by atoms with Gasteiger partial charge in [-0.3, -0.25) is 9.59 Å². The van der Waals surface area contributed by atoms with Crippen molar-refractivity contribution in [1.29, 1.82) is 0 Å². The SMILES string of the molecule is O=C(COC(=O)CC1c2ccccc2CCN1S(=O)(=O)c1cccs1)Nc1ccccc1. The molecule has 0 saturated heterocycles. The highest BCUT2D eigenvalue weighted by Gasteiger charge is 2.38. The van der Waals surface area contributed by atoms with Gasteiger partial charge >= 0.3 is 5.97 Å². The number of nitrogens with one attached hydrogen (secondary N) is 1. The van der Waals surface area contributed by atoms with Crippen molar-refractivity contribution in [2.24, 2.45) is 0 Å². The second-order valence-corrected chi connectivity index (χ2v) is 10.4. The predicted molar refractivity (Wildman–Crippen MR) is 122 cm³/mol. The Hall–Kier alpha value is -3.01. The lowest BCUT2D eigenvalue weighted by atomic mass is 9.92. The first-order valence-electron chi connectivity index (χ1n) is 10.1. The fourth-order valence-corrected chi connectivity index (χ4v) is 6.46. The molecule has 2 heterocycles. The van der Waals surface area contributed by atoms with E-state index in [1.165, 1.54) is 4.31 Å². The molecule has 1 unspecified atom stereocenters. The van der Waals surface area contributed by atoms with Crippen LogP contribution in [0.4, 0.5) is 5.69 Å². The number of para-hydroxylation sites is 1. The van der Waals surface area contributed by atoms with Gasteiger partial charge < -0.3 is 10.1 Å². The summed E-state index contributed by atoms with van der Waals surface area (Å²) in [6, 6.07) is 18.9. The van der Waals surface area contributed by atoms with Crippen LogP contribution in [-0.2, 0) is 30.8 Å². The van der Waals surface area contributed by atoms with Gasteiger partial charge in [-0.2, -0.15) is 4.31 Å². The largest absolute Gasteiger partial charge is 0.456 e. The molecule has 0 aliphatic carbocycles. The van der Waals surface area contributed by atoms with E-state index in [0.717, 1.165) is 22.5 Å². The van der Waals surface area contributed by atoms with Crippen LogP contribution in [0.1, 0.15) is 23.6 Å². The molecule has 9 heteroatoms. The van der Waals surface area contributed by atoms with Crippen LogP contribution in [0.25, 0.3) is 0 Å². The quantitative estimate of drug-likeness (QED) is 0.533. The summed E-state index contributed by atoms with van der Waals surface area (Å²) in [5.74, 6) is -1.10. The van der Waals surface area contributed by atoms with Crippen LogP contribution in [0, 0.1) is 0 Å². The number of thiophene rings is 1. The zero-order valence-electron chi connectivity index (χ0n) is 17.1. The van der Waals surface area contributed by atoms with Crippen molar-refractivity contribution in [3.05, 3.63) is 83.2 Å². The highest BCUT2D eigenvalue weighted by Crippen LogP contribution is 2.37. The number of nitrogens with zero attached hydrogens (tertiary/aromatic N) is 1. The number of rotatable bonds is 7. The molecule has 166 valence electrons. The number of anilines is 1. The van der Waals surface area contributed by atoms with Crippen LogP contribution in [0.15, 0.2) is 76.3 Å². The number of ether oxygens (including phenoxy) is 1. The van der Waals surface area contributed by atoms with Gasteiger partial charge in [0.2, 0.25) is 0 Å². The lowest BCUT2D eigenvalue weighted by molar-refractivity contribution is -0.148. The second-order valence-electron chi connectivity index (χ2n) is 7.29. The molecular formula is C23H22N2O5S2. The summed E-state index contributed by atoms with van der Waals surface area (Å²) in [6.45, 7) is -0.177. The van der Waals surface area contributed by atoms with Crippen molar-refractivity contribution < 1.29 is 22.7 Å². The molecular weight excluding hydrogens is 448 g/mol. The Morgan fingerprint density at radius 3 is 2.53 bits per heavy atom. The Balaban J connectivity index is 1.48. The molecule has 1 N–H and O–H groups in total. The first kappa shape index (κ1) is 22.2. The fraction of sp³-hybridized carbons (Fsp3) is 0.217. The molecule has 0 saturated carbocycles. The van der Waals surface area contributed by atoms with Crippen molar-refractivity contribution in [1.82, 2.24) is 4.31 Å². The third kappa shape index (κ3) is 4.90. The minimum Gasteiger partial charge on any atom is -0.456 e. The van der Waals surface area contributed by atoms with Gasteiger partial charge in [0.15, 0.2) is 6.61 Å². The van der Waals surface area contributed by atoms with Gasteiger partial charge in [0, 0.05) is 12.2 Å². The molecule has 1 aliphatic rings. The van der Waals surface area contributed by atoms with Crippen LogP contribution in [0.3, 0.4) is 0 Å². The maximum Gasteiger partial charge on any atom is 0.308 e. The highest BCUT2D eigenvalue weighted by atomic mass is 32.2. The van der Waals surface area contributed by atoms with Crippen LogP contribution in [-0.4, -0.2) is 37.8 Å². The standard InChI is InChI=1S/C23H22N2O5S2/c26-21(24-18-8-2-1-3-9-18)16-30-22(27)15-20-19-10-5-4-7-17(19)12-13-25(20)32(28,29)23-11-6-14-31-23/h1-11,14,20H,12-13,15-16H2,(H,24,26). The lowest BCUT2D eigenvalue weighted by Crippen LogP contribution is -2.41. The van der Waals surface area contributed by atoms with Gasteiger partial charge in [-0.15, -0.1) is 11.3 Å². The average molecular weight is 471 g/mol. The number of esters is 1. The van der Waals surface area contributed by atoms with Crippen molar-refractivity contribution in [3.63, 3.8) is 0 Å². The van der Waals surface area contributed by atoms with Crippen LogP contribution in [0.5, 0.6) is 0 Å². The highest BCUT2D eigenvalue weighted by molar-refractivity contribution is 7.91. The zero-order chi connectivity index (χ0) is 22.6. The van der Waals surface area contributed by atoms with Gasteiger partial charge in [0.25, 0.3) is 15.9 Å². The first-order chi connectivity index (χ1) is 15.4. The molecule has 1 amide bonds. The summed E-state index contributed by atoms with van der Waals surface area (Å²) in [5.41, 5.74) is 2.39. The molecule has 1 atom stereocenters. The number of benzene rings is 2. The van der Waals surface area contributed by atoms with Gasteiger partial charge in [-0.05, 0) is 41.1 Å². The molecule has 0 fully saturated rings. The average Bonchev–Trinajstić information content (AvgIpc) is 3.34. The number of fused-ring (bicyclic) bond motifs is 1. The molecule has 1 aromatic heterocycles. The first-order valence-corrected chi connectivity index (χ1v) is 12.4. The van der Waals surface area contributed by atoms with Crippen LogP contribution < -0.4 is 5.32 Å². The summed E-state index contributed by atoms with van der Waals surface area (Å²) in [4.78, 5) is 24.7. The second kappa shape index (κ2) is 9.64. The normalized spacial score (nSPS) is 16.2. The molecule has 7 nitrogen and oxygen atoms in total. The van der Waals surface area contributed by atoms with Gasteiger partial charge in [-0.1, -0.05) is 48.5 Å². The molecule has 1 aliphatic heterocycles. The maximum atomic E-state index is 13.2. The lowest BCUT2D eigenvalue weighted by Gasteiger charge is -2.35. The summed E-state index contributed by atoms with van der Waals surface area (Å²) < 4.78 is 33.3. The molecule has 4 rings (SSSR count). The Kier molecular flexibility index (Phi) is 6.69. The molecule has 0 radical (unpaired) electrons. The van der Waals surface area contributed by atoms with E-state index in [1.807, 2.05) is 30.3 Å². The fourth-order valence-electron chi connectivity index (χ4n) is 3.74. The Morgan fingerprint density at radius 2 is 1.78 bits per heavy atom. The van der Waals surface area contributed by atoms with Crippen molar-refractivity contribution in [2.45, 2.75) is 23.1 Å². The number of carbonyl (C=O) groups excluding carboxylic acids is 2. The van der Waals surface area contributed by atoms with Crippen LogP contribution in [0.2, 0.25) is 0 Å². The van der Waals surface area contributed by atoms with E-state index in [0.29, 0.717) is 12.1 Å². The number of hydrogen-bond acceptors (Lipinski definition) is 6. The molecule has 3 aromatic rings. The van der Waals surface area contributed by atoms with Crippen molar-refractivity contribution in [3.8, 4) is 0 Å². The van der Waals surface area contributed by atoms with Crippen molar-refractivity contribution >= 4 is 38.9 Å². The van der Waals surface area contributed by atoms with E-state index < -0.39 is 34.5 Å². The Labute approximate surface area is 190 Å². The molecule has 0 bridgehead atoms. The van der Waals surface area contributed by atoms with Gasteiger partial charge in [0.1, 0.15) is 4.21 Å². The van der Waals surface area contributed by atoms with E-state index >= 15 is 0 Å². The molecule has 0 spiro atoms. The number of hydrogen-bond donors (Lipinski definition) is 1. The number of carbonyl (C=O) groups is 2. The maximum absolute atomic E-state index is 13.2. The summed E-state index contributed by atoms with van der Waals surface area (Å²) >= 11 is 1.14. The summed E-state index contributed by atoms with van der Waals surface area (Å²) in [5, 5.41) is 4.35. The van der Waals surface area contributed by atoms with Crippen LogP contribution >= 0.6 is 11.3 Å². The number of amides is 1. The van der Waals surface area contributed by atoms with E-state index in [2.05, 4.69) is 5.32 Å². The van der Waals surface area contributed by atoms with Crippen molar-refractivity contribution in [2.75, 3.05) is 18.5 Å². The minimum atomic E-state index is -3.76. The monoisotopic (exact) mass is 470 g/mol. The predicted octanol–water partition coefficient (Wildman–Crippen LogP) is 3.61.